The molecule has 1 aliphatic heterocycles. The summed E-state index contributed by atoms with van der Waals surface area (Å²) in [6, 6.07) is 0. The van der Waals surface area contributed by atoms with Crippen molar-refractivity contribution < 1.29 is 9.53 Å². The molecule has 1 fully saturated rings. The lowest BCUT2D eigenvalue weighted by Gasteiger charge is -2.32. The standard InChI is InChI=1S/C11H20O2/c1-3-4-5-6-7-8-10-9(2)11(12)13-10/h9-10H,3-8H2,1-2H3/t9-,10-/m1/s1. The molecule has 2 nitrogen and oxygen atoms in total. The van der Waals surface area contributed by atoms with Crippen molar-refractivity contribution in [2.75, 3.05) is 0 Å². The molecule has 0 aromatic rings. The zero-order valence-electron chi connectivity index (χ0n) is 8.71. The van der Waals surface area contributed by atoms with Crippen LogP contribution in [0.2, 0.25) is 0 Å². The van der Waals surface area contributed by atoms with Crippen molar-refractivity contribution in [3.8, 4) is 0 Å². The average molecular weight is 184 g/mol. The highest BCUT2D eigenvalue weighted by Crippen LogP contribution is 2.26. The summed E-state index contributed by atoms with van der Waals surface area (Å²) >= 11 is 0. The minimum atomic E-state index is -0.0152. The van der Waals surface area contributed by atoms with Crippen molar-refractivity contribution in [1.82, 2.24) is 0 Å². The van der Waals surface area contributed by atoms with E-state index in [1.807, 2.05) is 6.92 Å². The molecule has 1 saturated heterocycles. The second kappa shape index (κ2) is 5.25. The Morgan fingerprint density at radius 1 is 1.23 bits per heavy atom. The smallest absolute Gasteiger partial charge is 0.312 e. The SMILES string of the molecule is CCCCCCC[C@H]1OC(=O)[C@@H]1C. The van der Waals surface area contributed by atoms with Crippen LogP contribution >= 0.6 is 0 Å². The Balaban J connectivity index is 1.92. The van der Waals surface area contributed by atoms with Crippen molar-refractivity contribution in [1.29, 1.82) is 0 Å². The van der Waals surface area contributed by atoms with Gasteiger partial charge < -0.3 is 4.74 Å². The monoisotopic (exact) mass is 184 g/mol. The predicted molar refractivity (Wildman–Crippen MR) is 52.4 cm³/mol. The molecule has 0 N–H and O–H groups in total. The summed E-state index contributed by atoms with van der Waals surface area (Å²) in [5, 5.41) is 0. The summed E-state index contributed by atoms with van der Waals surface area (Å²) in [5.74, 6) is 0.143. The molecule has 0 saturated carbocycles. The third-order valence-corrected chi connectivity index (χ3v) is 2.79. The first-order valence-electron chi connectivity index (χ1n) is 5.46. The second-order valence-electron chi connectivity index (χ2n) is 3.97. The van der Waals surface area contributed by atoms with E-state index in [4.69, 9.17) is 4.74 Å². The first kappa shape index (κ1) is 10.6. The molecule has 0 unspecified atom stereocenters. The molecule has 0 spiro atoms. The highest BCUT2D eigenvalue weighted by Gasteiger charge is 2.37. The Labute approximate surface area is 80.7 Å². The summed E-state index contributed by atoms with van der Waals surface area (Å²) < 4.78 is 5.02. The molecule has 2 heteroatoms. The number of ether oxygens (including phenoxy) is 1. The van der Waals surface area contributed by atoms with Gasteiger partial charge in [-0.3, -0.25) is 4.79 Å². The molecular weight excluding hydrogens is 164 g/mol. The first-order valence-corrected chi connectivity index (χ1v) is 5.46. The van der Waals surface area contributed by atoms with Crippen LogP contribution in [0.4, 0.5) is 0 Å². The molecule has 1 rings (SSSR count). The lowest BCUT2D eigenvalue weighted by molar-refractivity contribution is -0.183. The van der Waals surface area contributed by atoms with Gasteiger partial charge in [-0.1, -0.05) is 32.6 Å². The number of unbranched alkanes of at least 4 members (excludes halogenated alkanes) is 4. The van der Waals surface area contributed by atoms with Crippen LogP contribution in [-0.2, 0) is 9.53 Å². The van der Waals surface area contributed by atoms with Gasteiger partial charge >= 0.3 is 5.97 Å². The zero-order chi connectivity index (χ0) is 9.68. The number of carbonyl (C=O) groups is 1. The number of cyclic esters (lactones) is 1. The van der Waals surface area contributed by atoms with Crippen molar-refractivity contribution in [2.24, 2.45) is 5.92 Å². The van der Waals surface area contributed by atoms with Crippen LogP contribution in [0.5, 0.6) is 0 Å². The van der Waals surface area contributed by atoms with E-state index in [2.05, 4.69) is 6.92 Å². The fourth-order valence-corrected chi connectivity index (χ4v) is 1.70. The molecular formula is C11H20O2. The van der Waals surface area contributed by atoms with E-state index in [9.17, 15) is 4.79 Å². The number of rotatable bonds is 6. The van der Waals surface area contributed by atoms with E-state index in [-0.39, 0.29) is 18.0 Å². The van der Waals surface area contributed by atoms with Gasteiger partial charge in [0.1, 0.15) is 6.10 Å². The van der Waals surface area contributed by atoms with Crippen molar-refractivity contribution in [2.45, 2.75) is 58.5 Å². The van der Waals surface area contributed by atoms with Gasteiger partial charge in [0.15, 0.2) is 0 Å². The predicted octanol–water partition coefficient (Wildman–Crippen LogP) is 2.91. The Morgan fingerprint density at radius 3 is 2.46 bits per heavy atom. The molecule has 0 aromatic carbocycles. The van der Waals surface area contributed by atoms with Crippen LogP contribution in [0.3, 0.4) is 0 Å². The highest BCUT2D eigenvalue weighted by atomic mass is 16.6. The number of esters is 1. The van der Waals surface area contributed by atoms with Gasteiger partial charge in [-0.2, -0.15) is 0 Å². The molecule has 0 bridgehead atoms. The van der Waals surface area contributed by atoms with E-state index in [1.165, 1.54) is 32.1 Å². The molecule has 76 valence electrons. The number of hydrogen-bond acceptors (Lipinski definition) is 2. The Kier molecular flexibility index (Phi) is 4.26. The van der Waals surface area contributed by atoms with Crippen molar-refractivity contribution in [3.63, 3.8) is 0 Å². The fourth-order valence-electron chi connectivity index (χ4n) is 1.70. The summed E-state index contributed by atoms with van der Waals surface area (Å²) in [6.07, 6.45) is 7.74. The number of carbonyl (C=O) groups excluding carboxylic acids is 1. The van der Waals surface area contributed by atoms with Gasteiger partial charge in [-0.25, -0.2) is 0 Å². The van der Waals surface area contributed by atoms with Gasteiger partial charge in [0.05, 0.1) is 5.92 Å². The summed E-state index contributed by atoms with van der Waals surface area (Å²) in [6.45, 7) is 4.18. The van der Waals surface area contributed by atoms with Crippen LogP contribution in [0.25, 0.3) is 0 Å². The van der Waals surface area contributed by atoms with Crippen LogP contribution < -0.4 is 0 Å². The van der Waals surface area contributed by atoms with Gasteiger partial charge in [-0.05, 0) is 19.8 Å². The minimum Gasteiger partial charge on any atom is -0.461 e. The Morgan fingerprint density at radius 2 is 1.92 bits per heavy atom. The van der Waals surface area contributed by atoms with Crippen LogP contribution in [0, 0.1) is 5.92 Å². The van der Waals surface area contributed by atoms with E-state index >= 15 is 0 Å². The van der Waals surface area contributed by atoms with Crippen molar-refractivity contribution >= 4 is 5.97 Å². The third-order valence-electron chi connectivity index (χ3n) is 2.79. The van der Waals surface area contributed by atoms with E-state index in [1.54, 1.807) is 0 Å². The molecule has 0 radical (unpaired) electrons. The molecule has 0 amide bonds. The molecule has 0 aromatic heterocycles. The Bertz CT molecular complexity index is 165. The minimum absolute atomic E-state index is 0.0152. The molecule has 1 heterocycles. The van der Waals surface area contributed by atoms with Gasteiger partial charge in [0.25, 0.3) is 0 Å². The maximum absolute atomic E-state index is 10.8. The van der Waals surface area contributed by atoms with E-state index in [0.29, 0.717) is 0 Å². The fraction of sp³-hybridized carbons (Fsp3) is 0.909. The quantitative estimate of drug-likeness (QED) is 0.468. The average Bonchev–Trinajstić information content (AvgIpc) is 2.15. The maximum atomic E-state index is 10.8. The summed E-state index contributed by atoms with van der Waals surface area (Å²) in [5.41, 5.74) is 0. The molecule has 0 aliphatic carbocycles. The summed E-state index contributed by atoms with van der Waals surface area (Å²) in [4.78, 5) is 10.8. The van der Waals surface area contributed by atoms with Crippen LogP contribution in [-0.4, -0.2) is 12.1 Å². The zero-order valence-corrected chi connectivity index (χ0v) is 8.71. The van der Waals surface area contributed by atoms with Crippen molar-refractivity contribution in [3.05, 3.63) is 0 Å². The van der Waals surface area contributed by atoms with E-state index in [0.717, 1.165) is 6.42 Å². The van der Waals surface area contributed by atoms with Crippen LogP contribution in [0.15, 0.2) is 0 Å². The highest BCUT2D eigenvalue weighted by molar-refractivity contribution is 5.77. The summed E-state index contributed by atoms with van der Waals surface area (Å²) in [7, 11) is 0. The van der Waals surface area contributed by atoms with E-state index < -0.39 is 0 Å². The molecule has 1 aliphatic rings. The third kappa shape index (κ3) is 3.02. The normalized spacial score (nSPS) is 26.8. The maximum Gasteiger partial charge on any atom is 0.312 e. The molecule has 2 atom stereocenters. The van der Waals surface area contributed by atoms with Gasteiger partial charge in [0.2, 0.25) is 0 Å². The van der Waals surface area contributed by atoms with Gasteiger partial charge in [0, 0.05) is 0 Å². The van der Waals surface area contributed by atoms with Gasteiger partial charge in [-0.15, -0.1) is 0 Å². The lowest BCUT2D eigenvalue weighted by atomic mass is 9.94. The second-order valence-corrected chi connectivity index (χ2v) is 3.97. The van der Waals surface area contributed by atoms with Crippen LogP contribution in [0.1, 0.15) is 52.4 Å². The Hall–Kier alpha value is -0.530. The first-order chi connectivity index (χ1) is 6.25. The topological polar surface area (TPSA) is 26.3 Å². The lowest BCUT2D eigenvalue weighted by Crippen LogP contribution is -2.42. The number of hydrogen-bond donors (Lipinski definition) is 0. The largest absolute Gasteiger partial charge is 0.461 e. The molecule has 13 heavy (non-hydrogen) atoms.